The molecule has 0 saturated carbocycles. The van der Waals surface area contributed by atoms with Crippen LogP contribution >= 0.6 is 0 Å². The Bertz CT molecular complexity index is 423. The van der Waals surface area contributed by atoms with Crippen LogP contribution in [0.2, 0.25) is 0 Å². The highest BCUT2D eigenvalue weighted by Gasteiger charge is 2.09. The van der Waals surface area contributed by atoms with Gasteiger partial charge in [-0.3, -0.25) is 4.79 Å². The summed E-state index contributed by atoms with van der Waals surface area (Å²) in [4.78, 5) is 11.8. The molecule has 0 spiro atoms. The Morgan fingerprint density at radius 2 is 1.86 bits per heavy atom. The van der Waals surface area contributed by atoms with Crippen LogP contribution in [0.15, 0.2) is 18.2 Å². The Morgan fingerprint density at radius 3 is 2.43 bits per heavy atom. The number of hydrogen-bond acceptors (Lipinski definition) is 2. The molecule has 0 saturated heterocycles. The number of rotatable bonds is 9. The van der Waals surface area contributed by atoms with Crippen molar-refractivity contribution in [1.29, 1.82) is 0 Å². The lowest BCUT2D eigenvalue weighted by atomic mass is 9.99. The van der Waals surface area contributed by atoms with Crippen molar-refractivity contribution in [2.75, 3.05) is 13.2 Å². The van der Waals surface area contributed by atoms with Crippen molar-refractivity contribution >= 4 is 5.91 Å². The zero-order valence-electron chi connectivity index (χ0n) is 13.9. The molecule has 0 bridgehead atoms. The first-order valence-electron chi connectivity index (χ1n) is 8.03. The summed E-state index contributed by atoms with van der Waals surface area (Å²) in [6.45, 7) is 9.28. The van der Waals surface area contributed by atoms with Crippen LogP contribution in [-0.4, -0.2) is 19.1 Å². The average molecular weight is 291 g/mol. The van der Waals surface area contributed by atoms with Crippen LogP contribution < -0.4 is 10.1 Å². The second-order valence-corrected chi connectivity index (χ2v) is 5.83. The van der Waals surface area contributed by atoms with E-state index in [-0.39, 0.29) is 12.5 Å². The van der Waals surface area contributed by atoms with Gasteiger partial charge in [-0.15, -0.1) is 0 Å². The summed E-state index contributed by atoms with van der Waals surface area (Å²) in [7, 11) is 0. The summed E-state index contributed by atoms with van der Waals surface area (Å²) >= 11 is 0. The van der Waals surface area contributed by atoms with Crippen LogP contribution in [0.5, 0.6) is 5.75 Å². The molecule has 118 valence electrons. The lowest BCUT2D eigenvalue weighted by Crippen LogP contribution is -2.33. The number of unbranched alkanes of at least 4 members (excludes halogenated alkanes) is 1. The number of benzene rings is 1. The van der Waals surface area contributed by atoms with Gasteiger partial charge in [-0.1, -0.05) is 39.2 Å². The Balaban J connectivity index is 2.33. The van der Waals surface area contributed by atoms with Gasteiger partial charge in [-0.05, 0) is 49.4 Å². The van der Waals surface area contributed by atoms with Crippen molar-refractivity contribution < 1.29 is 9.53 Å². The Kier molecular flexibility index (Phi) is 7.88. The van der Waals surface area contributed by atoms with Gasteiger partial charge < -0.3 is 10.1 Å². The molecule has 21 heavy (non-hydrogen) atoms. The predicted molar refractivity (Wildman–Crippen MR) is 87.7 cm³/mol. The topological polar surface area (TPSA) is 38.3 Å². The standard InChI is InChI=1S/C18H29NO2/c1-5-7-8-16(6-2)12-19-18(20)13-21-17-10-14(3)9-15(4)11-17/h9-11,16H,5-8,12-13H2,1-4H3,(H,19,20)/t16-/m0/s1. The summed E-state index contributed by atoms with van der Waals surface area (Å²) < 4.78 is 5.56. The number of nitrogens with one attached hydrogen (secondary N) is 1. The fraction of sp³-hybridized carbons (Fsp3) is 0.611. The number of amides is 1. The van der Waals surface area contributed by atoms with E-state index in [1.54, 1.807) is 0 Å². The maximum atomic E-state index is 11.8. The highest BCUT2D eigenvalue weighted by atomic mass is 16.5. The second-order valence-electron chi connectivity index (χ2n) is 5.83. The number of carbonyl (C=O) groups excluding carboxylic acids is 1. The number of aryl methyl sites for hydroxylation is 2. The SMILES string of the molecule is CCCC[C@H](CC)CNC(=O)COc1cc(C)cc(C)c1. The lowest BCUT2D eigenvalue weighted by Gasteiger charge is -2.15. The van der Waals surface area contributed by atoms with Crippen molar-refractivity contribution in [2.24, 2.45) is 5.92 Å². The summed E-state index contributed by atoms with van der Waals surface area (Å²) in [6, 6.07) is 6.00. The normalized spacial score (nSPS) is 12.0. The molecular weight excluding hydrogens is 262 g/mol. The van der Waals surface area contributed by atoms with Crippen LogP contribution in [0, 0.1) is 19.8 Å². The summed E-state index contributed by atoms with van der Waals surface area (Å²) in [6.07, 6.45) is 4.73. The monoisotopic (exact) mass is 291 g/mol. The molecule has 1 amide bonds. The Hall–Kier alpha value is -1.51. The highest BCUT2D eigenvalue weighted by molar-refractivity contribution is 5.77. The van der Waals surface area contributed by atoms with Crippen molar-refractivity contribution in [3.05, 3.63) is 29.3 Å². The van der Waals surface area contributed by atoms with Gasteiger partial charge in [-0.25, -0.2) is 0 Å². The van der Waals surface area contributed by atoms with Gasteiger partial charge in [0.05, 0.1) is 0 Å². The third-order valence-electron chi connectivity index (χ3n) is 3.70. The van der Waals surface area contributed by atoms with Crippen molar-refractivity contribution in [3.63, 3.8) is 0 Å². The first kappa shape index (κ1) is 17.5. The maximum absolute atomic E-state index is 11.8. The van der Waals surface area contributed by atoms with Gasteiger partial charge in [0.1, 0.15) is 5.75 Å². The predicted octanol–water partition coefficient (Wildman–Crippen LogP) is 4.01. The van der Waals surface area contributed by atoms with Gasteiger partial charge in [-0.2, -0.15) is 0 Å². The Morgan fingerprint density at radius 1 is 1.19 bits per heavy atom. The van der Waals surface area contributed by atoms with E-state index < -0.39 is 0 Å². The molecule has 1 N–H and O–H groups in total. The first-order valence-corrected chi connectivity index (χ1v) is 8.03. The molecule has 0 fully saturated rings. The van der Waals surface area contributed by atoms with Gasteiger partial charge in [0.2, 0.25) is 0 Å². The quantitative estimate of drug-likeness (QED) is 0.746. The van der Waals surface area contributed by atoms with E-state index in [1.165, 1.54) is 19.3 Å². The van der Waals surface area contributed by atoms with Crippen LogP contribution in [0.25, 0.3) is 0 Å². The lowest BCUT2D eigenvalue weighted by molar-refractivity contribution is -0.123. The molecule has 1 aromatic rings. The molecule has 1 rings (SSSR count). The summed E-state index contributed by atoms with van der Waals surface area (Å²) in [5, 5.41) is 2.98. The molecule has 0 aromatic heterocycles. The van der Waals surface area contributed by atoms with Crippen molar-refractivity contribution in [1.82, 2.24) is 5.32 Å². The molecule has 0 unspecified atom stereocenters. The molecule has 1 aromatic carbocycles. The average Bonchev–Trinajstić information content (AvgIpc) is 2.44. The van der Waals surface area contributed by atoms with Crippen LogP contribution in [-0.2, 0) is 4.79 Å². The fourth-order valence-corrected chi connectivity index (χ4v) is 2.42. The molecule has 0 heterocycles. The van der Waals surface area contributed by atoms with Gasteiger partial charge in [0.15, 0.2) is 6.61 Å². The van der Waals surface area contributed by atoms with E-state index in [0.29, 0.717) is 5.92 Å². The van der Waals surface area contributed by atoms with E-state index >= 15 is 0 Å². The van der Waals surface area contributed by atoms with Gasteiger partial charge in [0, 0.05) is 6.54 Å². The van der Waals surface area contributed by atoms with E-state index in [2.05, 4.69) is 25.2 Å². The highest BCUT2D eigenvalue weighted by Crippen LogP contribution is 2.16. The van der Waals surface area contributed by atoms with Gasteiger partial charge >= 0.3 is 0 Å². The molecule has 0 aliphatic heterocycles. The molecule has 3 heteroatoms. The minimum absolute atomic E-state index is 0.0379. The second kappa shape index (κ2) is 9.43. The molecule has 0 aliphatic rings. The zero-order chi connectivity index (χ0) is 15.7. The minimum Gasteiger partial charge on any atom is -0.484 e. The molecule has 0 radical (unpaired) electrons. The Labute approximate surface area is 129 Å². The molecular formula is C18H29NO2. The fourth-order valence-electron chi connectivity index (χ4n) is 2.42. The first-order chi connectivity index (χ1) is 10.0. The van der Waals surface area contributed by atoms with Crippen LogP contribution in [0.4, 0.5) is 0 Å². The van der Waals surface area contributed by atoms with Crippen molar-refractivity contribution in [2.45, 2.75) is 53.4 Å². The van der Waals surface area contributed by atoms with E-state index in [1.807, 2.05) is 26.0 Å². The molecule has 3 nitrogen and oxygen atoms in total. The van der Waals surface area contributed by atoms with E-state index in [4.69, 9.17) is 4.74 Å². The number of hydrogen-bond donors (Lipinski definition) is 1. The summed E-state index contributed by atoms with van der Waals surface area (Å²) in [5.74, 6) is 1.31. The van der Waals surface area contributed by atoms with E-state index in [0.717, 1.165) is 29.8 Å². The van der Waals surface area contributed by atoms with Gasteiger partial charge in [0.25, 0.3) is 5.91 Å². The minimum atomic E-state index is -0.0379. The largest absolute Gasteiger partial charge is 0.484 e. The molecule has 0 aliphatic carbocycles. The van der Waals surface area contributed by atoms with Crippen LogP contribution in [0.1, 0.15) is 50.7 Å². The maximum Gasteiger partial charge on any atom is 0.257 e. The number of ether oxygens (including phenoxy) is 1. The van der Waals surface area contributed by atoms with E-state index in [9.17, 15) is 4.79 Å². The number of carbonyl (C=O) groups is 1. The third kappa shape index (κ3) is 7.16. The third-order valence-corrected chi connectivity index (χ3v) is 3.70. The van der Waals surface area contributed by atoms with Crippen LogP contribution in [0.3, 0.4) is 0 Å². The van der Waals surface area contributed by atoms with Crippen molar-refractivity contribution in [3.8, 4) is 5.75 Å². The smallest absolute Gasteiger partial charge is 0.257 e. The molecule has 1 atom stereocenters. The summed E-state index contributed by atoms with van der Waals surface area (Å²) in [5.41, 5.74) is 2.30. The zero-order valence-corrected chi connectivity index (χ0v) is 13.9.